The minimum atomic E-state index is -5.08. The molecule has 9 heteroatoms. The highest BCUT2D eigenvalue weighted by molar-refractivity contribution is 6.43. The Morgan fingerprint density at radius 2 is 1.87 bits per heavy atom. The molecular weight excluding hydrogens is 218 g/mol. The van der Waals surface area contributed by atoms with Gasteiger partial charge in [0.25, 0.3) is 0 Å². The quantitative estimate of drug-likeness (QED) is 0.453. The molecule has 0 saturated carbocycles. The molecule has 0 aromatic carbocycles. The topological polar surface area (TPSA) is 89.8 Å². The van der Waals surface area contributed by atoms with Crippen LogP contribution in [0.3, 0.4) is 0 Å². The van der Waals surface area contributed by atoms with E-state index in [9.17, 15) is 13.2 Å². The molecule has 1 fully saturated rings. The number of aliphatic carboxylic acids is 1. The second-order valence-electron chi connectivity index (χ2n) is 2.97. The third kappa shape index (κ3) is 6.31. The molecule has 88 valence electrons. The smallest absolute Gasteiger partial charge is 0.475 e. The summed E-state index contributed by atoms with van der Waals surface area (Å²) >= 11 is 0. The third-order valence-electron chi connectivity index (χ3n) is 1.76. The molecule has 0 aromatic rings. The van der Waals surface area contributed by atoms with Crippen LogP contribution in [0.1, 0.15) is 6.42 Å². The zero-order valence-electron chi connectivity index (χ0n) is 7.66. The van der Waals surface area contributed by atoms with E-state index in [1.54, 1.807) is 0 Å². The largest absolute Gasteiger partial charge is 0.490 e. The fraction of sp³-hybridized carbons (Fsp3) is 0.833. The van der Waals surface area contributed by atoms with Crippen LogP contribution in [0.4, 0.5) is 13.2 Å². The highest BCUT2D eigenvalue weighted by atomic mass is 19.4. The zero-order valence-corrected chi connectivity index (χ0v) is 7.66. The minimum Gasteiger partial charge on any atom is -0.475 e. The number of halogens is 3. The van der Waals surface area contributed by atoms with Crippen LogP contribution in [0.2, 0.25) is 5.82 Å². The number of hydrogen-bond acceptors (Lipinski definition) is 4. The molecule has 1 heterocycles. The normalized spacial score (nSPS) is 20.5. The average molecular weight is 229 g/mol. The number of hydrogen-bond donors (Lipinski definition) is 4. The molecule has 1 atom stereocenters. The predicted molar refractivity (Wildman–Crippen MR) is 45.1 cm³/mol. The SMILES string of the molecule is O=C(O)C(F)(F)F.OB(O)C1CCNC1. The first-order valence-corrected chi connectivity index (χ1v) is 4.12. The van der Waals surface area contributed by atoms with E-state index in [4.69, 9.17) is 19.9 Å². The van der Waals surface area contributed by atoms with Crippen molar-refractivity contribution in [2.75, 3.05) is 13.1 Å². The molecule has 1 saturated heterocycles. The van der Waals surface area contributed by atoms with Crippen LogP contribution in [0.25, 0.3) is 0 Å². The maximum Gasteiger partial charge on any atom is 0.490 e. The Bertz CT molecular complexity index is 205. The highest BCUT2D eigenvalue weighted by Gasteiger charge is 2.38. The monoisotopic (exact) mass is 229 g/mol. The predicted octanol–water partition coefficient (Wildman–Crippen LogP) is -0.544. The number of carboxylic acids is 1. The standard InChI is InChI=1S/C4H10BNO2.C2HF3O2/c7-5(8)4-1-2-6-3-4;3-2(4,5)1(6)7/h4,6-8H,1-3H2;(H,6,7). The molecule has 0 bridgehead atoms. The molecule has 4 N–H and O–H groups in total. The Balaban J connectivity index is 0.000000265. The van der Waals surface area contributed by atoms with E-state index in [-0.39, 0.29) is 5.82 Å². The summed E-state index contributed by atoms with van der Waals surface area (Å²) in [7, 11) is -1.12. The summed E-state index contributed by atoms with van der Waals surface area (Å²) < 4.78 is 31.7. The van der Waals surface area contributed by atoms with Crippen molar-refractivity contribution in [3.05, 3.63) is 0 Å². The first-order chi connectivity index (χ1) is 6.75. The Morgan fingerprint density at radius 3 is 2.00 bits per heavy atom. The van der Waals surface area contributed by atoms with Crippen LogP contribution >= 0.6 is 0 Å². The second-order valence-corrected chi connectivity index (χ2v) is 2.97. The van der Waals surface area contributed by atoms with Crippen LogP contribution in [0.5, 0.6) is 0 Å². The zero-order chi connectivity index (χ0) is 12.1. The van der Waals surface area contributed by atoms with Gasteiger partial charge in [-0.3, -0.25) is 0 Å². The lowest BCUT2D eigenvalue weighted by Gasteiger charge is -2.02. The van der Waals surface area contributed by atoms with Gasteiger partial charge in [-0.15, -0.1) is 0 Å². The molecule has 0 aliphatic carbocycles. The molecule has 0 aromatic heterocycles. The third-order valence-corrected chi connectivity index (χ3v) is 1.76. The van der Waals surface area contributed by atoms with Gasteiger partial charge in [0.2, 0.25) is 0 Å². The lowest BCUT2D eigenvalue weighted by Crippen LogP contribution is -2.21. The fourth-order valence-electron chi connectivity index (χ4n) is 0.931. The van der Waals surface area contributed by atoms with E-state index < -0.39 is 19.3 Å². The summed E-state index contributed by atoms with van der Waals surface area (Å²) in [5.74, 6) is -2.69. The first-order valence-electron chi connectivity index (χ1n) is 4.12. The van der Waals surface area contributed by atoms with Crippen molar-refractivity contribution in [2.24, 2.45) is 0 Å². The Kier molecular flexibility index (Phi) is 5.62. The van der Waals surface area contributed by atoms with E-state index in [0.717, 1.165) is 19.5 Å². The summed E-state index contributed by atoms with van der Waals surface area (Å²) in [6.07, 6.45) is -4.20. The van der Waals surface area contributed by atoms with Gasteiger partial charge in [-0.1, -0.05) is 0 Å². The minimum absolute atomic E-state index is 0.0648. The lowest BCUT2D eigenvalue weighted by molar-refractivity contribution is -0.192. The van der Waals surface area contributed by atoms with Crippen molar-refractivity contribution in [2.45, 2.75) is 18.4 Å². The van der Waals surface area contributed by atoms with Crippen LogP contribution in [-0.4, -0.2) is 47.5 Å². The summed E-state index contributed by atoms with van der Waals surface area (Å²) in [4.78, 5) is 8.90. The van der Waals surface area contributed by atoms with Crippen molar-refractivity contribution in [3.8, 4) is 0 Å². The first kappa shape index (κ1) is 14.2. The molecule has 5 nitrogen and oxygen atoms in total. The molecular formula is C6H11BF3NO4. The highest BCUT2D eigenvalue weighted by Crippen LogP contribution is 2.14. The van der Waals surface area contributed by atoms with Crippen LogP contribution in [0, 0.1) is 0 Å². The number of carbonyl (C=O) groups is 1. The van der Waals surface area contributed by atoms with E-state index in [1.807, 2.05) is 0 Å². The molecule has 1 rings (SSSR count). The van der Waals surface area contributed by atoms with E-state index >= 15 is 0 Å². The average Bonchev–Trinajstić information content (AvgIpc) is 2.54. The maximum absolute atomic E-state index is 10.6. The van der Waals surface area contributed by atoms with Crippen LogP contribution in [-0.2, 0) is 4.79 Å². The van der Waals surface area contributed by atoms with Gasteiger partial charge in [0, 0.05) is 5.82 Å². The van der Waals surface area contributed by atoms with Crippen molar-refractivity contribution in [1.29, 1.82) is 0 Å². The number of alkyl halides is 3. The van der Waals surface area contributed by atoms with Crippen molar-refractivity contribution in [1.82, 2.24) is 5.32 Å². The maximum atomic E-state index is 10.6. The van der Waals surface area contributed by atoms with Crippen molar-refractivity contribution < 1.29 is 33.1 Å². The summed E-state index contributed by atoms with van der Waals surface area (Å²) in [5, 5.41) is 27.3. The molecule has 1 aliphatic rings. The van der Waals surface area contributed by atoms with Gasteiger partial charge in [-0.05, 0) is 19.5 Å². The van der Waals surface area contributed by atoms with E-state index in [1.165, 1.54) is 0 Å². The van der Waals surface area contributed by atoms with Gasteiger partial charge in [-0.2, -0.15) is 13.2 Å². The van der Waals surface area contributed by atoms with Gasteiger partial charge in [0.1, 0.15) is 0 Å². The Labute approximate surface area is 84.0 Å². The fourth-order valence-corrected chi connectivity index (χ4v) is 0.931. The van der Waals surface area contributed by atoms with Gasteiger partial charge in [0.15, 0.2) is 0 Å². The summed E-state index contributed by atoms with van der Waals surface area (Å²) in [6.45, 7) is 1.67. The molecule has 15 heavy (non-hydrogen) atoms. The molecule has 1 unspecified atom stereocenters. The number of rotatable bonds is 1. The van der Waals surface area contributed by atoms with Gasteiger partial charge >= 0.3 is 19.3 Å². The lowest BCUT2D eigenvalue weighted by atomic mass is 9.72. The molecule has 0 radical (unpaired) electrons. The number of carboxylic acid groups (broad SMARTS) is 1. The summed E-state index contributed by atoms with van der Waals surface area (Å²) in [6, 6.07) is 0. The van der Waals surface area contributed by atoms with E-state index in [2.05, 4.69) is 5.32 Å². The van der Waals surface area contributed by atoms with E-state index in [0.29, 0.717) is 0 Å². The Hall–Kier alpha value is -0.795. The van der Waals surface area contributed by atoms with Crippen LogP contribution < -0.4 is 5.32 Å². The molecule has 0 amide bonds. The van der Waals surface area contributed by atoms with Crippen molar-refractivity contribution in [3.63, 3.8) is 0 Å². The number of nitrogens with one attached hydrogen (secondary N) is 1. The Morgan fingerprint density at radius 1 is 1.40 bits per heavy atom. The van der Waals surface area contributed by atoms with Gasteiger partial charge in [0.05, 0.1) is 0 Å². The molecule has 1 aliphatic heterocycles. The van der Waals surface area contributed by atoms with Gasteiger partial charge in [-0.25, -0.2) is 4.79 Å². The molecule has 0 spiro atoms. The van der Waals surface area contributed by atoms with Crippen LogP contribution in [0.15, 0.2) is 0 Å². The second kappa shape index (κ2) is 5.94. The van der Waals surface area contributed by atoms with Gasteiger partial charge < -0.3 is 20.5 Å². The van der Waals surface area contributed by atoms with Crippen molar-refractivity contribution >= 4 is 13.1 Å². The summed E-state index contributed by atoms with van der Waals surface area (Å²) in [5.41, 5.74) is 0.